The van der Waals surface area contributed by atoms with Gasteiger partial charge in [0.05, 0.1) is 11.1 Å². The van der Waals surface area contributed by atoms with Gasteiger partial charge in [-0.05, 0) is 17.7 Å². The normalized spacial score (nSPS) is 30.4. The average molecular weight is 420 g/mol. The van der Waals surface area contributed by atoms with Gasteiger partial charge >= 0.3 is 0 Å². The predicted octanol–water partition coefficient (Wildman–Crippen LogP) is -2.64. The summed E-state index contributed by atoms with van der Waals surface area (Å²) in [6.07, 6.45) is 0. The number of nitrogen functional groups attached to an aromatic ring is 1. The number of benzene rings is 1. The van der Waals surface area contributed by atoms with Crippen LogP contribution >= 0.6 is 0 Å². The number of nitrogens with one attached hydrogen (secondary N) is 7. The first-order valence-corrected chi connectivity index (χ1v) is 11.2. The molecule has 0 spiro atoms. The largest absolute Gasteiger partial charge is 0.399 e. The Bertz CT molecular complexity index is 563. The molecule has 0 amide bonds. The standard InChI is InChI=1S/C21H41N9/c22-19-3-1-18(2-4-19)11-30-21-15-27-8-5-24-12-20(23,13-25-6-9-28-16-21)14-26-7-10-29-17-21/h1-4,24-30H,5-17,22-23H2/t20-,21+. The van der Waals surface area contributed by atoms with E-state index in [1.54, 1.807) is 0 Å². The summed E-state index contributed by atoms with van der Waals surface area (Å²) in [4.78, 5) is 0. The van der Waals surface area contributed by atoms with Crippen LogP contribution in [0.4, 0.5) is 5.69 Å². The van der Waals surface area contributed by atoms with E-state index in [4.69, 9.17) is 11.5 Å². The maximum atomic E-state index is 6.66. The van der Waals surface area contributed by atoms with Crippen LogP contribution in [0.1, 0.15) is 5.56 Å². The number of hydrogen-bond donors (Lipinski definition) is 9. The topological polar surface area (TPSA) is 136 Å². The molecule has 3 aliphatic rings. The molecule has 2 bridgehead atoms. The SMILES string of the molecule is Nc1ccc(CN[C@]23CNCCNC[C@](N)(CNCCNC2)CNCCNC3)cc1. The summed E-state index contributed by atoms with van der Waals surface area (Å²) in [5.74, 6) is 0. The van der Waals surface area contributed by atoms with Crippen molar-refractivity contribution in [1.29, 1.82) is 0 Å². The minimum absolute atomic E-state index is 0.104. The van der Waals surface area contributed by atoms with Crippen LogP contribution in [0.3, 0.4) is 0 Å². The fraction of sp³-hybridized carbons (Fsp3) is 0.714. The van der Waals surface area contributed by atoms with Gasteiger partial charge in [0.1, 0.15) is 0 Å². The lowest BCUT2D eigenvalue weighted by molar-refractivity contribution is 0.269. The molecule has 9 nitrogen and oxygen atoms in total. The molecular weight excluding hydrogens is 378 g/mol. The highest BCUT2D eigenvalue weighted by atomic mass is 15.1. The monoisotopic (exact) mass is 419 g/mol. The second kappa shape index (κ2) is 11.9. The molecule has 1 aromatic rings. The Morgan fingerprint density at radius 3 is 1.50 bits per heavy atom. The van der Waals surface area contributed by atoms with Gasteiger partial charge in [0.15, 0.2) is 0 Å². The van der Waals surface area contributed by atoms with E-state index in [1.165, 1.54) is 5.56 Å². The van der Waals surface area contributed by atoms with E-state index in [0.29, 0.717) is 0 Å². The van der Waals surface area contributed by atoms with Crippen molar-refractivity contribution in [3.05, 3.63) is 29.8 Å². The summed E-state index contributed by atoms with van der Waals surface area (Å²) in [6, 6.07) is 8.11. The second-order valence-corrected chi connectivity index (χ2v) is 8.80. The molecule has 3 aliphatic heterocycles. The Hall–Kier alpha value is -1.30. The number of fused-ring (bicyclic) bond motifs is 15. The molecule has 3 fully saturated rings. The van der Waals surface area contributed by atoms with Crippen LogP contribution in [0.2, 0.25) is 0 Å². The Morgan fingerprint density at radius 2 is 1.07 bits per heavy atom. The Labute approximate surface area is 180 Å². The van der Waals surface area contributed by atoms with Gasteiger partial charge in [-0.1, -0.05) is 12.1 Å². The fourth-order valence-electron chi connectivity index (χ4n) is 4.01. The van der Waals surface area contributed by atoms with E-state index >= 15 is 0 Å². The van der Waals surface area contributed by atoms with E-state index in [2.05, 4.69) is 49.4 Å². The molecule has 1 aromatic carbocycles. The highest BCUT2D eigenvalue weighted by Gasteiger charge is 2.30. The van der Waals surface area contributed by atoms with Crippen LogP contribution in [0.25, 0.3) is 0 Å². The fourth-order valence-corrected chi connectivity index (χ4v) is 4.01. The van der Waals surface area contributed by atoms with Crippen molar-refractivity contribution in [3.8, 4) is 0 Å². The molecule has 3 saturated heterocycles. The molecule has 0 unspecified atom stereocenters. The minimum Gasteiger partial charge on any atom is -0.399 e. The summed E-state index contributed by atoms with van der Waals surface area (Å²) in [6.45, 7) is 11.2. The van der Waals surface area contributed by atoms with Crippen LogP contribution < -0.4 is 48.7 Å². The summed E-state index contributed by atoms with van der Waals surface area (Å²) in [5, 5.41) is 25.4. The van der Waals surface area contributed by atoms with Crippen molar-refractivity contribution in [1.82, 2.24) is 37.2 Å². The van der Waals surface area contributed by atoms with Crippen LogP contribution in [-0.4, -0.2) is 89.6 Å². The molecule has 0 radical (unpaired) electrons. The van der Waals surface area contributed by atoms with Crippen LogP contribution in [0.5, 0.6) is 0 Å². The third-order valence-electron chi connectivity index (χ3n) is 5.90. The highest BCUT2D eigenvalue weighted by molar-refractivity contribution is 5.39. The maximum Gasteiger partial charge on any atom is 0.0561 e. The second-order valence-electron chi connectivity index (χ2n) is 8.80. The molecule has 9 heteroatoms. The summed E-state index contributed by atoms with van der Waals surface area (Å²) in [5.41, 5.74) is 14.1. The highest BCUT2D eigenvalue weighted by Crippen LogP contribution is 2.09. The van der Waals surface area contributed by atoms with E-state index in [-0.39, 0.29) is 11.1 Å². The van der Waals surface area contributed by atoms with Gasteiger partial charge < -0.3 is 48.7 Å². The smallest absolute Gasteiger partial charge is 0.0561 e. The lowest BCUT2D eigenvalue weighted by Crippen LogP contribution is -2.66. The van der Waals surface area contributed by atoms with E-state index in [0.717, 1.165) is 90.8 Å². The molecular formula is C21H41N9. The first-order chi connectivity index (χ1) is 14.6. The van der Waals surface area contributed by atoms with Gasteiger partial charge in [0.2, 0.25) is 0 Å². The number of hydrogen-bond acceptors (Lipinski definition) is 9. The van der Waals surface area contributed by atoms with Gasteiger partial charge in [-0.15, -0.1) is 0 Å². The lowest BCUT2D eigenvalue weighted by atomic mass is 9.97. The van der Waals surface area contributed by atoms with E-state index in [9.17, 15) is 0 Å². The molecule has 0 aromatic heterocycles. The lowest BCUT2D eigenvalue weighted by Gasteiger charge is -2.37. The van der Waals surface area contributed by atoms with Crippen molar-refractivity contribution in [2.45, 2.75) is 17.6 Å². The summed E-state index contributed by atoms with van der Waals surface area (Å²) in [7, 11) is 0. The van der Waals surface area contributed by atoms with Gasteiger partial charge in [0.25, 0.3) is 0 Å². The first kappa shape index (κ1) is 23.4. The predicted molar refractivity (Wildman–Crippen MR) is 125 cm³/mol. The van der Waals surface area contributed by atoms with Gasteiger partial charge in [0, 0.05) is 90.8 Å². The van der Waals surface area contributed by atoms with Gasteiger partial charge in [-0.3, -0.25) is 0 Å². The van der Waals surface area contributed by atoms with Crippen molar-refractivity contribution >= 4 is 5.69 Å². The number of rotatable bonds is 3. The summed E-state index contributed by atoms with van der Waals surface area (Å²) >= 11 is 0. The van der Waals surface area contributed by atoms with Crippen LogP contribution in [-0.2, 0) is 6.54 Å². The number of nitrogens with two attached hydrogens (primary N) is 2. The zero-order valence-electron chi connectivity index (χ0n) is 18.2. The minimum atomic E-state index is -0.293. The molecule has 4 rings (SSSR count). The van der Waals surface area contributed by atoms with Crippen molar-refractivity contribution in [2.24, 2.45) is 5.73 Å². The summed E-state index contributed by atoms with van der Waals surface area (Å²) < 4.78 is 0. The third kappa shape index (κ3) is 7.75. The first-order valence-electron chi connectivity index (χ1n) is 11.2. The third-order valence-corrected chi connectivity index (χ3v) is 5.90. The van der Waals surface area contributed by atoms with Gasteiger partial charge in [-0.25, -0.2) is 0 Å². The van der Waals surface area contributed by atoms with Crippen molar-refractivity contribution in [3.63, 3.8) is 0 Å². The molecule has 170 valence electrons. The molecule has 0 saturated carbocycles. The van der Waals surface area contributed by atoms with Crippen molar-refractivity contribution < 1.29 is 0 Å². The Morgan fingerprint density at radius 1 is 0.667 bits per heavy atom. The molecule has 0 atom stereocenters. The quantitative estimate of drug-likeness (QED) is 0.241. The number of anilines is 1. The molecule has 0 aliphatic carbocycles. The van der Waals surface area contributed by atoms with Crippen LogP contribution in [0.15, 0.2) is 24.3 Å². The zero-order valence-corrected chi connectivity index (χ0v) is 18.2. The van der Waals surface area contributed by atoms with E-state index in [1.807, 2.05) is 12.1 Å². The maximum absolute atomic E-state index is 6.66. The van der Waals surface area contributed by atoms with Crippen LogP contribution in [0, 0.1) is 0 Å². The molecule has 3 heterocycles. The van der Waals surface area contributed by atoms with Gasteiger partial charge in [-0.2, -0.15) is 0 Å². The average Bonchev–Trinajstić information content (AvgIpc) is 2.74. The molecule has 11 N–H and O–H groups in total. The zero-order chi connectivity index (χ0) is 21.1. The Kier molecular flexibility index (Phi) is 9.28. The van der Waals surface area contributed by atoms with Crippen molar-refractivity contribution in [2.75, 3.05) is 84.3 Å². The Balaban J connectivity index is 1.70. The van der Waals surface area contributed by atoms with E-state index < -0.39 is 0 Å². The molecule has 30 heavy (non-hydrogen) atoms.